The normalized spacial score (nSPS) is 33.0. The van der Waals surface area contributed by atoms with Crippen molar-refractivity contribution >= 4 is 0 Å². The van der Waals surface area contributed by atoms with E-state index in [-0.39, 0.29) is 0 Å². The van der Waals surface area contributed by atoms with Crippen LogP contribution in [0.2, 0.25) is 0 Å². The van der Waals surface area contributed by atoms with Crippen molar-refractivity contribution in [1.82, 2.24) is 10.2 Å². The maximum Gasteiger partial charge on any atom is 0.0101 e. The molecule has 20 heavy (non-hydrogen) atoms. The monoisotopic (exact) mass is 278 g/mol. The molecule has 3 fully saturated rings. The molecule has 0 aromatic carbocycles. The van der Waals surface area contributed by atoms with Gasteiger partial charge in [-0.25, -0.2) is 0 Å². The topological polar surface area (TPSA) is 15.3 Å². The Morgan fingerprint density at radius 3 is 2.35 bits per heavy atom. The van der Waals surface area contributed by atoms with Crippen molar-refractivity contribution in [2.45, 2.75) is 77.3 Å². The first-order valence-electron chi connectivity index (χ1n) is 9.20. The molecule has 0 spiro atoms. The Morgan fingerprint density at radius 1 is 0.950 bits per heavy atom. The zero-order valence-electron chi connectivity index (χ0n) is 13.6. The van der Waals surface area contributed by atoms with E-state index in [1.54, 1.807) is 0 Å². The molecule has 1 saturated heterocycles. The molecular formula is C18H34N2. The van der Waals surface area contributed by atoms with Crippen molar-refractivity contribution in [3.8, 4) is 0 Å². The highest BCUT2D eigenvalue weighted by atomic mass is 15.2. The van der Waals surface area contributed by atoms with Gasteiger partial charge in [0.15, 0.2) is 0 Å². The Bertz CT molecular complexity index is 292. The van der Waals surface area contributed by atoms with E-state index in [2.05, 4.69) is 24.1 Å². The summed E-state index contributed by atoms with van der Waals surface area (Å²) in [6, 6.07) is 1.62. The Morgan fingerprint density at radius 2 is 1.70 bits per heavy atom. The summed E-state index contributed by atoms with van der Waals surface area (Å²) in [5.74, 6) is 3.13. The van der Waals surface area contributed by atoms with Crippen molar-refractivity contribution in [1.29, 1.82) is 0 Å². The van der Waals surface area contributed by atoms with Crippen LogP contribution < -0.4 is 5.32 Å². The van der Waals surface area contributed by atoms with E-state index in [9.17, 15) is 0 Å². The van der Waals surface area contributed by atoms with E-state index in [4.69, 9.17) is 0 Å². The average Bonchev–Trinajstić information content (AvgIpc) is 3.30. The molecule has 3 aliphatic rings. The molecule has 0 amide bonds. The molecule has 2 unspecified atom stereocenters. The van der Waals surface area contributed by atoms with Crippen molar-refractivity contribution in [2.75, 3.05) is 19.6 Å². The SMILES string of the molecule is CC(C)N(CC1CCNCC1)C1CCCC(C2CC2)C1. The first-order valence-corrected chi connectivity index (χ1v) is 9.20. The highest BCUT2D eigenvalue weighted by Gasteiger charge is 2.37. The van der Waals surface area contributed by atoms with Crippen molar-refractivity contribution < 1.29 is 0 Å². The molecule has 0 radical (unpaired) electrons. The third kappa shape index (κ3) is 3.76. The number of rotatable bonds is 5. The van der Waals surface area contributed by atoms with Gasteiger partial charge in [-0.1, -0.05) is 12.8 Å². The maximum absolute atomic E-state index is 3.51. The number of hydrogen-bond donors (Lipinski definition) is 1. The zero-order chi connectivity index (χ0) is 13.9. The van der Waals surface area contributed by atoms with Gasteiger partial charge < -0.3 is 5.32 Å². The fourth-order valence-electron chi connectivity index (χ4n) is 4.64. The summed E-state index contributed by atoms with van der Waals surface area (Å²) in [7, 11) is 0. The van der Waals surface area contributed by atoms with Gasteiger partial charge in [0.25, 0.3) is 0 Å². The average molecular weight is 278 g/mol. The minimum Gasteiger partial charge on any atom is -0.317 e. The summed E-state index contributed by atoms with van der Waals surface area (Å²) in [6.07, 6.45) is 11.8. The molecule has 2 nitrogen and oxygen atoms in total. The van der Waals surface area contributed by atoms with Gasteiger partial charge in [-0.2, -0.15) is 0 Å². The van der Waals surface area contributed by atoms with E-state index >= 15 is 0 Å². The van der Waals surface area contributed by atoms with Crippen molar-refractivity contribution in [3.05, 3.63) is 0 Å². The molecule has 0 aromatic rings. The van der Waals surface area contributed by atoms with Crippen LogP contribution in [0, 0.1) is 17.8 Å². The largest absolute Gasteiger partial charge is 0.317 e. The molecule has 2 heteroatoms. The zero-order valence-corrected chi connectivity index (χ0v) is 13.6. The lowest BCUT2D eigenvalue weighted by atomic mass is 9.81. The lowest BCUT2D eigenvalue weighted by Gasteiger charge is -2.42. The fourth-order valence-corrected chi connectivity index (χ4v) is 4.64. The highest BCUT2D eigenvalue weighted by molar-refractivity contribution is 4.90. The summed E-state index contributed by atoms with van der Waals surface area (Å²) in [5, 5.41) is 3.51. The minimum atomic E-state index is 0.729. The fraction of sp³-hybridized carbons (Fsp3) is 1.00. The molecule has 0 bridgehead atoms. The third-order valence-corrected chi connectivity index (χ3v) is 6.04. The van der Waals surface area contributed by atoms with Crippen LogP contribution in [0.25, 0.3) is 0 Å². The van der Waals surface area contributed by atoms with Crippen LogP contribution in [0.4, 0.5) is 0 Å². The van der Waals surface area contributed by atoms with Crippen LogP contribution in [0.3, 0.4) is 0 Å². The molecule has 1 heterocycles. The van der Waals surface area contributed by atoms with Gasteiger partial charge in [-0.15, -0.1) is 0 Å². The Kier molecular flexibility index (Phi) is 5.04. The number of hydrogen-bond acceptors (Lipinski definition) is 2. The molecule has 116 valence electrons. The van der Waals surface area contributed by atoms with E-state index in [1.165, 1.54) is 71.0 Å². The van der Waals surface area contributed by atoms with Crippen LogP contribution >= 0.6 is 0 Å². The van der Waals surface area contributed by atoms with Crippen LogP contribution in [0.5, 0.6) is 0 Å². The molecule has 3 rings (SSSR count). The summed E-state index contributed by atoms with van der Waals surface area (Å²) >= 11 is 0. The van der Waals surface area contributed by atoms with E-state index in [1.807, 2.05) is 0 Å². The third-order valence-electron chi connectivity index (χ3n) is 6.04. The maximum atomic E-state index is 3.51. The lowest BCUT2D eigenvalue weighted by Crippen LogP contribution is -2.47. The van der Waals surface area contributed by atoms with E-state index < -0.39 is 0 Å². The molecular weight excluding hydrogens is 244 g/mol. The van der Waals surface area contributed by atoms with Crippen molar-refractivity contribution in [3.63, 3.8) is 0 Å². The molecule has 0 aromatic heterocycles. The smallest absolute Gasteiger partial charge is 0.0101 e. The molecule has 2 saturated carbocycles. The summed E-state index contributed by atoms with van der Waals surface area (Å²) < 4.78 is 0. The van der Waals surface area contributed by atoms with Crippen LogP contribution in [0.1, 0.15) is 65.2 Å². The van der Waals surface area contributed by atoms with E-state index in [0.29, 0.717) is 0 Å². The Hall–Kier alpha value is -0.0800. The van der Waals surface area contributed by atoms with Gasteiger partial charge in [0.05, 0.1) is 0 Å². The second kappa shape index (κ2) is 6.79. The van der Waals surface area contributed by atoms with Gasteiger partial charge in [0.1, 0.15) is 0 Å². The van der Waals surface area contributed by atoms with Gasteiger partial charge in [-0.05, 0) is 83.2 Å². The Labute approximate surface area is 125 Å². The molecule has 2 atom stereocenters. The molecule has 2 aliphatic carbocycles. The van der Waals surface area contributed by atoms with Gasteiger partial charge in [0.2, 0.25) is 0 Å². The molecule has 1 N–H and O–H groups in total. The quantitative estimate of drug-likeness (QED) is 0.825. The minimum absolute atomic E-state index is 0.729. The second-order valence-electron chi connectivity index (χ2n) is 7.90. The van der Waals surface area contributed by atoms with Gasteiger partial charge >= 0.3 is 0 Å². The summed E-state index contributed by atoms with van der Waals surface area (Å²) in [4.78, 5) is 2.88. The standard InChI is InChI=1S/C18H34N2/c1-14(2)20(13-15-8-10-19-11-9-15)18-5-3-4-17(12-18)16-6-7-16/h14-19H,3-13H2,1-2H3. The van der Waals surface area contributed by atoms with Crippen molar-refractivity contribution in [2.24, 2.45) is 17.8 Å². The summed E-state index contributed by atoms with van der Waals surface area (Å²) in [5.41, 5.74) is 0. The van der Waals surface area contributed by atoms with Crippen LogP contribution in [-0.4, -0.2) is 36.6 Å². The second-order valence-corrected chi connectivity index (χ2v) is 7.90. The summed E-state index contributed by atoms with van der Waals surface area (Å²) in [6.45, 7) is 8.68. The lowest BCUT2D eigenvalue weighted by molar-refractivity contribution is 0.0716. The van der Waals surface area contributed by atoms with Crippen LogP contribution in [-0.2, 0) is 0 Å². The number of nitrogens with one attached hydrogen (secondary N) is 1. The molecule has 1 aliphatic heterocycles. The number of nitrogens with zero attached hydrogens (tertiary/aromatic N) is 1. The first kappa shape index (κ1) is 14.8. The highest BCUT2D eigenvalue weighted by Crippen LogP contribution is 2.45. The van der Waals surface area contributed by atoms with E-state index in [0.717, 1.165) is 29.8 Å². The first-order chi connectivity index (χ1) is 9.74. The van der Waals surface area contributed by atoms with Crippen LogP contribution in [0.15, 0.2) is 0 Å². The predicted octanol–water partition coefficient (Wildman–Crippen LogP) is 3.67. The number of piperidine rings is 1. The predicted molar refractivity (Wildman–Crippen MR) is 85.9 cm³/mol. The Balaban J connectivity index is 1.56. The van der Waals surface area contributed by atoms with Gasteiger partial charge in [-0.3, -0.25) is 4.90 Å². The van der Waals surface area contributed by atoms with Gasteiger partial charge in [0, 0.05) is 18.6 Å².